The number of benzene rings is 1. The van der Waals surface area contributed by atoms with Crippen LogP contribution in [0.1, 0.15) is 26.5 Å². The summed E-state index contributed by atoms with van der Waals surface area (Å²) in [4.78, 5) is 24.2. The van der Waals surface area contributed by atoms with Crippen molar-refractivity contribution in [1.82, 2.24) is 0 Å². The molecule has 1 amide bonds. The van der Waals surface area contributed by atoms with Crippen LogP contribution in [-0.2, 0) is 0 Å². The largest absolute Gasteiger partial charge is 0.478 e. The van der Waals surface area contributed by atoms with Crippen LogP contribution in [0.3, 0.4) is 0 Å². The Morgan fingerprint density at radius 2 is 2.05 bits per heavy atom. The molecule has 6 heteroatoms. The van der Waals surface area contributed by atoms with Crippen molar-refractivity contribution in [2.24, 2.45) is 0 Å². The summed E-state index contributed by atoms with van der Waals surface area (Å²) in [5.41, 5.74) is 0.664. The van der Waals surface area contributed by atoms with Gasteiger partial charge >= 0.3 is 5.97 Å². The number of aromatic carboxylic acids is 1. The van der Waals surface area contributed by atoms with E-state index in [9.17, 15) is 9.59 Å². The fourth-order valence-corrected chi connectivity index (χ4v) is 1.70. The molecule has 6 nitrogen and oxygen atoms in total. The van der Waals surface area contributed by atoms with E-state index in [0.717, 1.165) is 12.3 Å². The molecule has 0 saturated heterocycles. The topological polar surface area (TPSA) is 94.5 Å². The number of anilines is 1. The minimum absolute atomic E-state index is 0.0994. The fraction of sp³-hybridized carbons (Fsp3) is 0.0714. The summed E-state index contributed by atoms with van der Waals surface area (Å²) in [5, 5.41) is 17.8. The van der Waals surface area contributed by atoms with Crippen LogP contribution >= 0.6 is 0 Å². The zero-order chi connectivity index (χ0) is 14.7. The van der Waals surface area contributed by atoms with E-state index in [-0.39, 0.29) is 11.3 Å². The molecule has 0 aliphatic heterocycles. The maximum atomic E-state index is 12.2. The lowest BCUT2D eigenvalue weighted by molar-refractivity contribution is 0.0696. The van der Waals surface area contributed by atoms with Gasteiger partial charge in [0.15, 0.2) is 5.76 Å². The van der Waals surface area contributed by atoms with Crippen molar-refractivity contribution < 1.29 is 19.1 Å². The lowest BCUT2D eigenvalue weighted by Gasteiger charge is -2.16. The number of carbonyl (C=O) groups excluding carboxylic acids is 1. The first kappa shape index (κ1) is 13.4. The highest BCUT2D eigenvalue weighted by Crippen LogP contribution is 2.21. The van der Waals surface area contributed by atoms with Gasteiger partial charge in [-0.2, -0.15) is 5.26 Å². The SMILES string of the molecule is CN(C(=O)c1cc(C(=O)O)co1)c1ccccc1C#N. The minimum atomic E-state index is -1.17. The third-order valence-electron chi connectivity index (χ3n) is 2.75. The van der Waals surface area contributed by atoms with Crippen LogP contribution in [0.5, 0.6) is 0 Å². The van der Waals surface area contributed by atoms with E-state index >= 15 is 0 Å². The monoisotopic (exact) mass is 270 g/mol. The average Bonchev–Trinajstić information content (AvgIpc) is 2.95. The Bertz CT molecular complexity index is 712. The fourth-order valence-electron chi connectivity index (χ4n) is 1.70. The first-order chi connectivity index (χ1) is 9.54. The summed E-state index contributed by atoms with van der Waals surface area (Å²) >= 11 is 0. The number of hydrogen-bond donors (Lipinski definition) is 1. The summed E-state index contributed by atoms with van der Waals surface area (Å²) in [6.45, 7) is 0. The van der Waals surface area contributed by atoms with E-state index in [1.165, 1.54) is 11.9 Å². The van der Waals surface area contributed by atoms with Gasteiger partial charge in [-0.1, -0.05) is 12.1 Å². The van der Waals surface area contributed by atoms with E-state index in [1.807, 2.05) is 6.07 Å². The lowest BCUT2D eigenvalue weighted by atomic mass is 10.1. The zero-order valence-electron chi connectivity index (χ0n) is 10.5. The quantitative estimate of drug-likeness (QED) is 0.921. The van der Waals surface area contributed by atoms with Crippen molar-refractivity contribution in [3.63, 3.8) is 0 Å². The molecule has 0 unspecified atom stereocenters. The molecule has 1 aromatic heterocycles. The van der Waals surface area contributed by atoms with E-state index in [0.29, 0.717) is 11.3 Å². The normalized spacial score (nSPS) is 9.80. The Morgan fingerprint density at radius 3 is 2.65 bits per heavy atom. The van der Waals surface area contributed by atoms with E-state index in [1.54, 1.807) is 24.3 Å². The highest BCUT2D eigenvalue weighted by atomic mass is 16.4. The van der Waals surface area contributed by atoms with Gasteiger partial charge in [0.05, 0.1) is 16.8 Å². The number of carboxylic acid groups (broad SMARTS) is 1. The molecule has 2 rings (SSSR count). The van der Waals surface area contributed by atoms with Gasteiger partial charge in [0.1, 0.15) is 12.3 Å². The summed E-state index contributed by atoms with van der Waals surface area (Å²) in [6, 6.07) is 9.74. The molecular formula is C14H10N2O4. The van der Waals surface area contributed by atoms with Crippen molar-refractivity contribution in [3.05, 3.63) is 53.5 Å². The molecule has 1 aromatic carbocycles. The molecule has 1 heterocycles. The van der Waals surface area contributed by atoms with E-state index in [2.05, 4.69) is 0 Å². The number of para-hydroxylation sites is 1. The molecule has 0 atom stereocenters. The first-order valence-corrected chi connectivity index (χ1v) is 5.63. The molecule has 0 saturated carbocycles. The maximum Gasteiger partial charge on any atom is 0.338 e. The van der Waals surface area contributed by atoms with Crippen LogP contribution in [-0.4, -0.2) is 24.0 Å². The van der Waals surface area contributed by atoms with Crippen LogP contribution in [0.4, 0.5) is 5.69 Å². The second kappa shape index (κ2) is 5.28. The number of carbonyl (C=O) groups is 2. The standard InChI is InChI=1S/C14H10N2O4/c1-16(11-5-3-2-4-9(11)7-15)13(17)12-6-10(8-20-12)14(18)19/h2-6,8H,1H3,(H,18,19). The van der Waals surface area contributed by atoms with Gasteiger partial charge in [-0.3, -0.25) is 4.79 Å². The molecule has 0 aliphatic rings. The van der Waals surface area contributed by atoms with Gasteiger partial charge in [0.2, 0.25) is 0 Å². The van der Waals surface area contributed by atoms with Gasteiger partial charge in [-0.05, 0) is 12.1 Å². The second-order valence-electron chi connectivity index (χ2n) is 4.00. The van der Waals surface area contributed by atoms with E-state index < -0.39 is 11.9 Å². The molecule has 20 heavy (non-hydrogen) atoms. The van der Waals surface area contributed by atoms with Crippen LogP contribution < -0.4 is 4.90 Å². The summed E-state index contributed by atoms with van der Waals surface area (Å²) in [6.07, 6.45) is 1.000. The highest BCUT2D eigenvalue weighted by Gasteiger charge is 2.20. The molecule has 0 radical (unpaired) electrons. The third kappa shape index (κ3) is 2.37. The van der Waals surface area contributed by atoms with Crippen LogP contribution in [0.2, 0.25) is 0 Å². The summed E-state index contributed by atoms with van der Waals surface area (Å²) < 4.78 is 4.95. The Kier molecular flexibility index (Phi) is 3.53. The smallest absolute Gasteiger partial charge is 0.338 e. The minimum Gasteiger partial charge on any atom is -0.478 e. The van der Waals surface area contributed by atoms with Gasteiger partial charge < -0.3 is 14.4 Å². The highest BCUT2D eigenvalue weighted by molar-refractivity contribution is 6.05. The Balaban J connectivity index is 2.33. The second-order valence-corrected chi connectivity index (χ2v) is 4.00. The molecule has 2 aromatic rings. The van der Waals surface area contributed by atoms with Gasteiger partial charge in [0.25, 0.3) is 5.91 Å². The van der Waals surface area contributed by atoms with Crippen molar-refractivity contribution in [2.45, 2.75) is 0 Å². The molecular weight excluding hydrogens is 260 g/mol. The number of carboxylic acids is 1. The molecule has 0 bridgehead atoms. The van der Waals surface area contributed by atoms with Gasteiger partial charge in [0, 0.05) is 13.1 Å². The number of furan rings is 1. The zero-order valence-corrected chi connectivity index (χ0v) is 10.5. The van der Waals surface area contributed by atoms with Gasteiger partial charge in [-0.25, -0.2) is 4.79 Å². The average molecular weight is 270 g/mol. The number of hydrogen-bond acceptors (Lipinski definition) is 4. The Labute approximate surface area is 114 Å². The number of nitrogens with zero attached hydrogens (tertiary/aromatic N) is 2. The predicted molar refractivity (Wildman–Crippen MR) is 69.6 cm³/mol. The van der Waals surface area contributed by atoms with Crippen LogP contribution in [0.15, 0.2) is 41.0 Å². The predicted octanol–water partition coefficient (Wildman–Crippen LogP) is 2.13. The van der Waals surface area contributed by atoms with Crippen molar-refractivity contribution >= 4 is 17.6 Å². The molecule has 100 valence electrons. The van der Waals surface area contributed by atoms with Crippen molar-refractivity contribution in [1.29, 1.82) is 5.26 Å². The van der Waals surface area contributed by atoms with E-state index in [4.69, 9.17) is 14.8 Å². The number of nitriles is 1. The molecule has 0 spiro atoms. The third-order valence-corrected chi connectivity index (χ3v) is 2.75. The number of rotatable bonds is 3. The van der Waals surface area contributed by atoms with Crippen molar-refractivity contribution in [3.8, 4) is 6.07 Å². The summed E-state index contributed by atoms with van der Waals surface area (Å²) in [5.74, 6) is -1.80. The summed E-state index contributed by atoms with van der Waals surface area (Å²) in [7, 11) is 1.49. The molecule has 0 aliphatic carbocycles. The van der Waals surface area contributed by atoms with Gasteiger partial charge in [-0.15, -0.1) is 0 Å². The lowest BCUT2D eigenvalue weighted by Crippen LogP contribution is -2.26. The number of amides is 1. The first-order valence-electron chi connectivity index (χ1n) is 5.63. The maximum absolute atomic E-state index is 12.2. The van der Waals surface area contributed by atoms with Crippen LogP contribution in [0.25, 0.3) is 0 Å². The van der Waals surface area contributed by atoms with Crippen LogP contribution in [0, 0.1) is 11.3 Å². The molecule has 0 fully saturated rings. The van der Waals surface area contributed by atoms with Crippen molar-refractivity contribution in [2.75, 3.05) is 11.9 Å². The Hall–Kier alpha value is -3.07. The Morgan fingerprint density at radius 1 is 1.35 bits per heavy atom. The molecule has 1 N–H and O–H groups in total.